The van der Waals surface area contributed by atoms with Crippen LogP contribution in [0.2, 0.25) is 5.02 Å². The van der Waals surface area contributed by atoms with Gasteiger partial charge in [0.05, 0.1) is 5.69 Å². The number of ether oxygens (including phenoxy) is 1. The monoisotopic (exact) mass is 345 g/mol. The van der Waals surface area contributed by atoms with E-state index in [1.54, 1.807) is 18.2 Å². The van der Waals surface area contributed by atoms with Crippen molar-refractivity contribution in [3.8, 4) is 11.5 Å². The van der Waals surface area contributed by atoms with Crippen LogP contribution >= 0.6 is 34.2 Å². The first-order chi connectivity index (χ1) is 7.65. The summed E-state index contributed by atoms with van der Waals surface area (Å²) in [5.41, 5.74) is 6.33. The van der Waals surface area contributed by atoms with E-state index >= 15 is 0 Å². The average molecular weight is 346 g/mol. The van der Waals surface area contributed by atoms with E-state index in [0.717, 1.165) is 9.32 Å². The second kappa shape index (κ2) is 4.93. The zero-order chi connectivity index (χ0) is 11.5. The maximum absolute atomic E-state index is 5.81. The van der Waals surface area contributed by atoms with E-state index in [-0.39, 0.29) is 0 Å². The molecule has 0 amide bonds. The number of nitrogen functional groups attached to an aromatic ring is 1. The summed E-state index contributed by atoms with van der Waals surface area (Å²) in [6.07, 6.45) is 0. The first kappa shape index (κ1) is 11.5. The molecule has 0 saturated heterocycles. The highest BCUT2D eigenvalue weighted by Gasteiger charge is 2.02. The molecule has 0 aliphatic carbocycles. The van der Waals surface area contributed by atoms with E-state index in [0.29, 0.717) is 16.5 Å². The van der Waals surface area contributed by atoms with Crippen molar-refractivity contribution >= 4 is 39.9 Å². The van der Waals surface area contributed by atoms with Crippen molar-refractivity contribution in [2.75, 3.05) is 5.73 Å². The van der Waals surface area contributed by atoms with Crippen LogP contribution in [0.25, 0.3) is 0 Å². The fourth-order valence-electron chi connectivity index (χ4n) is 1.27. The standard InChI is InChI=1S/C12H9ClINO/c13-8-4-5-12(11(15)6-8)16-10-3-1-2-9(14)7-10/h1-7H,15H2. The maximum Gasteiger partial charge on any atom is 0.150 e. The molecule has 0 spiro atoms. The molecule has 0 aromatic heterocycles. The number of nitrogens with two attached hydrogens (primary N) is 1. The molecule has 0 aliphatic rings. The Balaban J connectivity index is 2.27. The lowest BCUT2D eigenvalue weighted by Crippen LogP contribution is -1.91. The van der Waals surface area contributed by atoms with Crippen molar-refractivity contribution in [2.45, 2.75) is 0 Å². The topological polar surface area (TPSA) is 35.2 Å². The van der Waals surface area contributed by atoms with Crippen LogP contribution in [0.15, 0.2) is 42.5 Å². The van der Waals surface area contributed by atoms with Crippen molar-refractivity contribution in [1.82, 2.24) is 0 Å². The predicted molar refractivity (Wildman–Crippen MR) is 75.1 cm³/mol. The first-order valence-electron chi connectivity index (χ1n) is 4.63. The molecule has 16 heavy (non-hydrogen) atoms. The highest BCUT2D eigenvalue weighted by molar-refractivity contribution is 14.1. The quantitative estimate of drug-likeness (QED) is 0.650. The van der Waals surface area contributed by atoms with Gasteiger partial charge < -0.3 is 10.5 Å². The second-order valence-electron chi connectivity index (χ2n) is 3.24. The highest BCUT2D eigenvalue weighted by Crippen LogP contribution is 2.30. The minimum atomic E-state index is 0.534. The molecule has 0 unspecified atom stereocenters. The van der Waals surface area contributed by atoms with Crippen molar-refractivity contribution in [1.29, 1.82) is 0 Å². The van der Waals surface area contributed by atoms with E-state index in [9.17, 15) is 0 Å². The van der Waals surface area contributed by atoms with Gasteiger partial charge in [0.15, 0.2) is 0 Å². The highest BCUT2D eigenvalue weighted by atomic mass is 127. The number of rotatable bonds is 2. The number of benzene rings is 2. The molecule has 0 aliphatic heterocycles. The Morgan fingerprint density at radius 1 is 1.12 bits per heavy atom. The van der Waals surface area contributed by atoms with E-state index in [4.69, 9.17) is 22.1 Å². The number of anilines is 1. The van der Waals surface area contributed by atoms with Crippen LogP contribution in [0.3, 0.4) is 0 Å². The molecule has 2 aromatic carbocycles. The average Bonchev–Trinajstić information content (AvgIpc) is 2.22. The SMILES string of the molecule is Nc1cc(Cl)ccc1Oc1cccc(I)c1. The van der Waals surface area contributed by atoms with Crippen LogP contribution in [-0.4, -0.2) is 0 Å². The summed E-state index contributed by atoms with van der Waals surface area (Å²) < 4.78 is 6.77. The molecule has 0 fully saturated rings. The summed E-state index contributed by atoms with van der Waals surface area (Å²) in [4.78, 5) is 0. The summed E-state index contributed by atoms with van der Waals surface area (Å²) in [7, 11) is 0. The van der Waals surface area contributed by atoms with Crippen molar-refractivity contribution in [2.24, 2.45) is 0 Å². The molecule has 2 aromatic rings. The van der Waals surface area contributed by atoms with Gasteiger partial charge in [-0.3, -0.25) is 0 Å². The summed E-state index contributed by atoms with van der Waals surface area (Å²) in [5, 5.41) is 0.604. The molecule has 0 saturated carbocycles. The van der Waals surface area contributed by atoms with Gasteiger partial charge >= 0.3 is 0 Å². The molecule has 82 valence electrons. The number of hydrogen-bond donors (Lipinski definition) is 1. The second-order valence-corrected chi connectivity index (χ2v) is 4.92. The van der Waals surface area contributed by atoms with Crippen LogP contribution in [0.4, 0.5) is 5.69 Å². The Bertz CT molecular complexity index is 516. The molecule has 0 bridgehead atoms. The van der Waals surface area contributed by atoms with Gasteiger partial charge in [-0.15, -0.1) is 0 Å². The maximum atomic E-state index is 5.81. The molecule has 2 nitrogen and oxygen atoms in total. The van der Waals surface area contributed by atoms with E-state index in [2.05, 4.69) is 22.6 Å². The largest absolute Gasteiger partial charge is 0.455 e. The van der Waals surface area contributed by atoms with Gasteiger partial charge in [0.1, 0.15) is 11.5 Å². The Kier molecular flexibility index (Phi) is 3.56. The van der Waals surface area contributed by atoms with E-state index < -0.39 is 0 Å². The van der Waals surface area contributed by atoms with Crippen LogP contribution < -0.4 is 10.5 Å². The Hall–Kier alpha value is -0.940. The normalized spacial score (nSPS) is 10.1. The third-order valence-electron chi connectivity index (χ3n) is 2.00. The lowest BCUT2D eigenvalue weighted by atomic mass is 10.3. The van der Waals surface area contributed by atoms with E-state index in [1.807, 2.05) is 24.3 Å². The number of halogens is 2. The predicted octanol–water partition coefficient (Wildman–Crippen LogP) is 4.32. The molecule has 4 heteroatoms. The lowest BCUT2D eigenvalue weighted by Gasteiger charge is -2.08. The molecule has 0 radical (unpaired) electrons. The minimum absolute atomic E-state index is 0.534. The van der Waals surface area contributed by atoms with Gasteiger partial charge in [-0.05, 0) is 59.0 Å². The first-order valence-corrected chi connectivity index (χ1v) is 6.09. The third kappa shape index (κ3) is 2.80. The number of hydrogen-bond acceptors (Lipinski definition) is 2. The molecular weight excluding hydrogens is 336 g/mol. The molecular formula is C12H9ClINO. The van der Waals surface area contributed by atoms with Crippen LogP contribution in [0, 0.1) is 3.57 Å². The Morgan fingerprint density at radius 2 is 1.94 bits per heavy atom. The zero-order valence-electron chi connectivity index (χ0n) is 8.28. The van der Waals surface area contributed by atoms with Gasteiger partial charge in [-0.1, -0.05) is 17.7 Å². The zero-order valence-corrected chi connectivity index (χ0v) is 11.2. The molecule has 2 N–H and O–H groups in total. The lowest BCUT2D eigenvalue weighted by molar-refractivity contribution is 0.484. The van der Waals surface area contributed by atoms with Crippen molar-refractivity contribution in [3.63, 3.8) is 0 Å². The van der Waals surface area contributed by atoms with Crippen LogP contribution in [-0.2, 0) is 0 Å². The molecule has 0 atom stereocenters. The summed E-state index contributed by atoms with van der Waals surface area (Å²) in [6.45, 7) is 0. The Morgan fingerprint density at radius 3 is 2.62 bits per heavy atom. The summed E-state index contributed by atoms with van der Waals surface area (Å²) in [5.74, 6) is 1.38. The fourth-order valence-corrected chi connectivity index (χ4v) is 1.96. The smallest absolute Gasteiger partial charge is 0.150 e. The minimum Gasteiger partial charge on any atom is -0.455 e. The van der Waals surface area contributed by atoms with Gasteiger partial charge in [0.25, 0.3) is 0 Å². The van der Waals surface area contributed by atoms with Crippen molar-refractivity contribution in [3.05, 3.63) is 51.1 Å². The van der Waals surface area contributed by atoms with Crippen molar-refractivity contribution < 1.29 is 4.74 Å². The third-order valence-corrected chi connectivity index (χ3v) is 2.90. The summed E-state index contributed by atoms with van der Waals surface area (Å²) >= 11 is 8.04. The molecule has 0 heterocycles. The van der Waals surface area contributed by atoms with Crippen LogP contribution in [0.5, 0.6) is 11.5 Å². The fraction of sp³-hybridized carbons (Fsp3) is 0. The van der Waals surface area contributed by atoms with Gasteiger partial charge in [0.2, 0.25) is 0 Å². The van der Waals surface area contributed by atoms with E-state index in [1.165, 1.54) is 0 Å². The van der Waals surface area contributed by atoms with Crippen LogP contribution in [0.1, 0.15) is 0 Å². The van der Waals surface area contributed by atoms with Gasteiger partial charge in [-0.2, -0.15) is 0 Å². The van der Waals surface area contributed by atoms with Gasteiger partial charge in [0, 0.05) is 8.59 Å². The Labute approximate surface area is 113 Å². The molecule has 2 rings (SSSR count). The summed E-state index contributed by atoms with van der Waals surface area (Å²) in [6, 6.07) is 12.9. The van der Waals surface area contributed by atoms with Gasteiger partial charge in [-0.25, -0.2) is 0 Å².